The minimum atomic E-state index is -2.83. The molecule has 1 N–H and O–H groups in total. The summed E-state index contributed by atoms with van der Waals surface area (Å²) in [5, 5.41) is 2.78. The molecule has 0 aliphatic carbocycles. The van der Waals surface area contributed by atoms with Gasteiger partial charge in [0.1, 0.15) is 0 Å². The number of nitrogens with one attached hydrogen (secondary N) is 1. The summed E-state index contributed by atoms with van der Waals surface area (Å²) in [7, 11) is 1.61. The van der Waals surface area contributed by atoms with E-state index in [0.717, 1.165) is 0 Å². The van der Waals surface area contributed by atoms with E-state index >= 15 is 0 Å². The van der Waals surface area contributed by atoms with Gasteiger partial charge in [0, 0.05) is 25.8 Å². The molecule has 0 fully saturated rings. The van der Waals surface area contributed by atoms with Gasteiger partial charge in [-0.25, -0.2) is 0 Å². The van der Waals surface area contributed by atoms with Crippen molar-refractivity contribution in [2.45, 2.75) is 12.8 Å². The Bertz CT molecular complexity index is 316. The van der Waals surface area contributed by atoms with Crippen LogP contribution in [0.4, 0.5) is 8.78 Å². The van der Waals surface area contributed by atoms with Crippen molar-refractivity contribution in [2.75, 3.05) is 26.8 Å². The lowest BCUT2D eigenvalue weighted by Crippen LogP contribution is -2.34. The van der Waals surface area contributed by atoms with Gasteiger partial charge in [0.2, 0.25) is 0 Å². The van der Waals surface area contributed by atoms with Crippen LogP contribution in [-0.4, -0.2) is 26.8 Å². The third kappa shape index (κ3) is 4.79. The standard InChI is InChI=1S/C13H19F2NO/c1-11(9-17-2)8-16-10-13(14,15)12-6-4-3-5-7-12/h3-7,11,16H,8-10H2,1-2H3. The maximum Gasteiger partial charge on any atom is 0.285 e. The van der Waals surface area contributed by atoms with Gasteiger partial charge in [-0.1, -0.05) is 37.3 Å². The Balaban J connectivity index is 2.40. The Morgan fingerprint density at radius 3 is 2.53 bits per heavy atom. The second-order valence-electron chi connectivity index (χ2n) is 4.26. The summed E-state index contributed by atoms with van der Waals surface area (Å²) in [5.74, 6) is -2.60. The van der Waals surface area contributed by atoms with E-state index in [9.17, 15) is 8.78 Å². The van der Waals surface area contributed by atoms with Crippen molar-refractivity contribution in [3.8, 4) is 0 Å². The van der Waals surface area contributed by atoms with Crippen LogP contribution < -0.4 is 5.32 Å². The predicted molar refractivity (Wildman–Crippen MR) is 64.2 cm³/mol. The Hall–Kier alpha value is -1.00. The highest BCUT2D eigenvalue weighted by Crippen LogP contribution is 2.26. The van der Waals surface area contributed by atoms with Crippen molar-refractivity contribution in [3.63, 3.8) is 0 Å². The summed E-state index contributed by atoms with van der Waals surface area (Å²) < 4.78 is 32.3. The first-order chi connectivity index (χ1) is 8.06. The van der Waals surface area contributed by atoms with Crippen molar-refractivity contribution in [3.05, 3.63) is 35.9 Å². The summed E-state index contributed by atoms with van der Waals surface area (Å²) >= 11 is 0. The van der Waals surface area contributed by atoms with Crippen molar-refractivity contribution < 1.29 is 13.5 Å². The van der Waals surface area contributed by atoms with Crippen molar-refractivity contribution >= 4 is 0 Å². The molecule has 0 radical (unpaired) electrons. The zero-order chi connectivity index (χ0) is 12.7. The van der Waals surface area contributed by atoms with Crippen LogP contribution in [0.5, 0.6) is 0 Å². The Kier molecular flexibility index (Phi) is 5.51. The predicted octanol–water partition coefficient (Wildman–Crippen LogP) is 2.65. The Morgan fingerprint density at radius 2 is 1.94 bits per heavy atom. The maximum atomic E-state index is 13.7. The molecule has 4 heteroatoms. The normalized spacial score (nSPS) is 13.6. The number of benzene rings is 1. The van der Waals surface area contributed by atoms with E-state index in [-0.39, 0.29) is 18.0 Å². The average molecular weight is 243 g/mol. The van der Waals surface area contributed by atoms with Gasteiger partial charge >= 0.3 is 0 Å². The highest BCUT2D eigenvalue weighted by molar-refractivity contribution is 5.20. The third-order valence-corrected chi connectivity index (χ3v) is 2.49. The molecule has 0 aromatic heterocycles. The summed E-state index contributed by atoms with van der Waals surface area (Å²) in [6, 6.07) is 7.86. The monoisotopic (exact) mass is 243 g/mol. The number of hydrogen-bond acceptors (Lipinski definition) is 2. The molecule has 1 unspecified atom stereocenters. The van der Waals surface area contributed by atoms with E-state index in [2.05, 4.69) is 5.32 Å². The molecular weight excluding hydrogens is 224 g/mol. The van der Waals surface area contributed by atoms with Gasteiger partial charge in [-0.05, 0) is 5.92 Å². The van der Waals surface area contributed by atoms with Gasteiger partial charge in [0.05, 0.1) is 6.54 Å². The molecule has 1 aromatic rings. The molecule has 2 nitrogen and oxygen atoms in total. The van der Waals surface area contributed by atoms with Crippen LogP contribution >= 0.6 is 0 Å². The number of rotatable bonds is 7. The summed E-state index contributed by atoms with van der Waals surface area (Å²) in [4.78, 5) is 0. The quantitative estimate of drug-likeness (QED) is 0.795. The molecule has 1 aromatic carbocycles. The second kappa shape index (κ2) is 6.67. The number of ether oxygens (including phenoxy) is 1. The molecule has 0 saturated heterocycles. The minimum absolute atomic E-state index is 0.0481. The zero-order valence-corrected chi connectivity index (χ0v) is 10.2. The highest BCUT2D eigenvalue weighted by Gasteiger charge is 2.30. The number of halogens is 2. The molecule has 0 spiro atoms. The van der Waals surface area contributed by atoms with E-state index in [0.29, 0.717) is 13.2 Å². The summed E-state index contributed by atoms with van der Waals surface area (Å²) in [6.45, 7) is 2.71. The van der Waals surface area contributed by atoms with Crippen LogP contribution in [0, 0.1) is 5.92 Å². The van der Waals surface area contributed by atoms with Crippen LogP contribution in [0.15, 0.2) is 30.3 Å². The van der Waals surface area contributed by atoms with Crippen molar-refractivity contribution in [1.82, 2.24) is 5.32 Å². The van der Waals surface area contributed by atoms with Gasteiger partial charge in [0.15, 0.2) is 0 Å². The smallest absolute Gasteiger partial charge is 0.285 e. The van der Waals surface area contributed by atoms with Crippen LogP contribution in [0.3, 0.4) is 0 Å². The van der Waals surface area contributed by atoms with Crippen LogP contribution in [0.1, 0.15) is 12.5 Å². The molecule has 0 bridgehead atoms. The molecule has 0 aliphatic rings. The number of alkyl halides is 2. The SMILES string of the molecule is COCC(C)CNCC(F)(F)c1ccccc1. The molecular formula is C13H19F2NO. The van der Waals surface area contributed by atoms with Crippen LogP contribution in [-0.2, 0) is 10.7 Å². The van der Waals surface area contributed by atoms with E-state index in [1.54, 1.807) is 25.3 Å². The van der Waals surface area contributed by atoms with Gasteiger partial charge in [-0.2, -0.15) is 8.78 Å². The lowest BCUT2D eigenvalue weighted by Gasteiger charge is -2.19. The van der Waals surface area contributed by atoms with E-state index in [1.807, 2.05) is 6.92 Å². The van der Waals surface area contributed by atoms with Crippen molar-refractivity contribution in [1.29, 1.82) is 0 Å². The fraction of sp³-hybridized carbons (Fsp3) is 0.538. The lowest BCUT2D eigenvalue weighted by atomic mass is 10.1. The zero-order valence-electron chi connectivity index (χ0n) is 10.2. The van der Waals surface area contributed by atoms with E-state index < -0.39 is 5.92 Å². The van der Waals surface area contributed by atoms with Gasteiger partial charge in [-0.15, -0.1) is 0 Å². The molecule has 0 saturated carbocycles. The summed E-state index contributed by atoms with van der Waals surface area (Å²) in [6.07, 6.45) is 0. The maximum absolute atomic E-state index is 13.7. The molecule has 96 valence electrons. The van der Waals surface area contributed by atoms with Gasteiger partial charge < -0.3 is 10.1 Å². The molecule has 0 heterocycles. The molecule has 0 amide bonds. The fourth-order valence-corrected chi connectivity index (χ4v) is 1.60. The largest absolute Gasteiger partial charge is 0.384 e. The lowest BCUT2D eigenvalue weighted by molar-refractivity contribution is -0.00440. The third-order valence-electron chi connectivity index (χ3n) is 2.49. The summed E-state index contributed by atoms with van der Waals surface area (Å²) in [5.41, 5.74) is 0.0481. The highest BCUT2D eigenvalue weighted by atomic mass is 19.3. The first-order valence-corrected chi connectivity index (χ1v) is 5.69. The second-order valence-corrected chi connectivity index (χ2v) is 4.26. The topological polar surface area (TPSA) is 21.3 Å². The first-order valence-electron chi connectivity index (χ1n) is 5.69. The first kappa shape index (κ1) is 14.1. The van der Waals surface area contributed by atoms with E-state index in [1.165, 1.54) is 12.1 Å². The Morgan fingerprint density at radius 1 is 1.29 bits per heavy atom. The van der Waals surface area contributed by atoms with Crippen LogP contribution in [0.2, 0.25) is 0 Å². The van der Waals surface area contributed by atoms with Gasteiger partial charge in [-0.3, -0.25) is 0 Å². The molecule has 17 heavy (non-hydrogen) atoms. The Labute approximate surface area is 101 Å². The van der Waals surface area contributed by atoms with Crippen LogP contribution in [0.25, 0.3) is 0 Å². The van der Waals surface area contributed by atoms with Crippen molar-refractivity contribution in [2.24, 2.45) is 5.92 Å². The molecule has 1 atom stereocenters. The van der Waals surface area contributed by atoms with Gasteiger partial charge in [0.25, 0.3) is 5.92 Å². The van der Waals surface area contributed by atoms with E-state index in [4.69, 9.17) is 4.74 Å². The average Bonchev–Trinajstić information content (AvgIpc) is 2.30. The molecule has 0 aliphatic heterocycles. The molecule has 1 rings (SSSR count). The fourth-order valence-electron chi connectivity index (χ4n) is 1.60. The number of hydrogen-bond donors (Lipinski definition) is 1. The minimum Gasteiger partial charge on any atom is -0.384 e. The number of methoxy groups -OCH3 is 1.